The number of rotatable bonds is 2. The summed E-state index contributed by atoms with van der Waals surface area (Å²) in [6, 6.07) is 0.690. The third-order valence-electron chi connectivity index (χ3n) is 2.03. The maximum absolute atomic E-state index is 5.05. The Labute approximate surface area is 76.0 Å². The molecule has 0 aromatic heterocycles. The summed E-state index contributed by atoms with van der Waals surface area (Å²) in [5.74, 6) is 0. The largest absolute Gasteiger partial charge is 0.412 e. The summed E-state index contributed by atoms with van der Waals surface area (Å²) in [6.45, 7) is 6.14. The topological polar surface area (TPSA) is 44.0 Å². The predicted octanol–water partition coefficient (Wildman–Crippen LogP) is 0.928. The molecule has 76 valence electrons. The van der Waals surface area contributed by atoms with Crippen LogP contribution in [0.15, 0.2) is 0 Å². The van der Waals surface area contributed by atoms with Gasteiger partial charge in [0, 0.05) is 13.2 Å². The first-order valence-corrected chi connectivity index (χ1v) is 4.54. The van der Waals surface area contributed by atoms with Gasteiger partial charge in [0.1, 0.15) is 0 Å². The van der Waals surface area contributed by atoms with Crippen LogP contribution in [0.2, 0.25) is 0 Å². The van der Waals surface area contributed by atoms with E-state index >= 15 is 0 Å². The van der Waals surface area contributed by atoms with Crippen LogP contribution in [0, 0.1) is 0 Å². The summed E-state index contributed by atoms with van der Waals surface area (Å²) in [7, 11) is 3.93. The Morgan fingerprint density at radius 2 is 2.00 bits per heavy atom. The maximum atomic E-state index is 5.05. The summed E-state index contributed by atoms with van der Waals surface area (Å²) in [6.07, 6.45) is 2.65. The van der Waals surface area contributed by atoms with Crippen LogP contribution in [-0.2, 0) is 4.74 Å². The van der Waals surface area contributed by atoms with Crippen LogP contribution in [0.4, 0.5) is 0 Å². The minimum absolute atomic E-state index is 0. The van der Waals surface area contributed by atoms with Gasteiger partial charge in [-0.05, 0) is 26.4 Å². The molecule has 0 aromatic rings. The van der Waals surface area contributed by atoms with Crippen LogP contribution in [0.3, 0.4) is 0 Å². The molecule has 1 atom stereocenters. The highest BCUT2D eigenvalue weighted by Gasteiger charge is 2.19. The molecule has 0 amide bonds. The molecule has 1 fully saturated rings. The summed E-state index contributed by atoms with van der Waals surface area (Å²) >= 11 is 0. The molecule has 0 aliphatic carbocycles. The smallest absolute Gasteiger partial charge is 0.0617 e. The zero-order valence-electron chi connectivity index (χ0n) is 8.76. The highest BCUT2D eigenvalue weighted by molar-refractivity contribution is 4.75. The zero-order chi connectivity index (χ0) is 8.69. The van der Waals surface area contributed by atoms with Crippen molar-refractivity contribution in [3.63, 3.8) is 0 Å². The lowest BCUT2D eigenvalue weighted by atomic mass is 10.2. The van der Waals surface area contributed by atoms with Gasteiger partial charge in [0.25, 0.3) is 0 Å². The molecule has 0 spiro atoms. The van der Waals surface area contributed by atoms with E-state index in [0.717, 1.165) is 6.61 Å². The van der Waals surface area contributed by atoms with Crippen molar-refractivity contribution in [2.24, 2.45) is 0 Å². The highest BCUT2D eigenvalue weighted by Crippen LogP contribution is 2.13. The Morgan fingerprint density at radius 1 is 1.42 bits per heavy atom. The average Bonchev–Trinajstić information content (AvgIpc) is 2.42. The molecule has 0 bridgehead atoms. The van der Waals surface area contributed by atoms with E-state index in [4.69, 9.17) is 4.74 Å². The molecule has 1 heterocycles. The average molecular weight is 177 g/mol. The molecule has 0 saturated carbocycles. The van der Waals surface area contributed by atoms with Crippen molar-refractivity contribution in [1.82, 2.24) is 4.90 Å². The molecule has 1 rings (SSSR count). The predicted molar refractivity (Wildman–Crippen MR) is 52.5 cm³/mol. The van der Waals surface area contributed by atoms with E-state index in [-0.39, 0.29) is 5.48 Å². The third-order valence-corrected chi connectivity index (χ3v) is 2.03. The van der Waals surface area contributed by atoms with Gasteiger partial charge in [0.15, 0.2) is 0 Å². The van der Waals surface area contributed by atoms with Gasteiger partial charge in [-0.3, -0.25) is 0 Å². The van der Waals surface area contributed by atoms with Gasteiger partial charge in [0.05, 0.1) is 6.61 Å². The number of likely N-dealkylation sites (tertiary alicyclic amines) is 1. The minimum Gasteiger partial charge on any atom is -0.412 e. The lowest BCUT2D eigenvalue weighted by Crippen LogP contribution is -2.28. The molecule has 0 unspecified atom stereocenters. The second kappa shape index (κ2) is 8.97. The van der Waals surface area contributed by atoms with Crippen molar-refractivity contribution in [3.8, 4) is 0 Å². The van der Waals surface area contributed by atoms with E-state index in [1.165, 1.54) is 19.4 Å². The van der Waals surface area contributed by atoms with Crippen LogP contribution in [0.5, 0.6) is 0 Å². The fourth-order valence-electron chi connectivity index (χ4n) is 1.38. The number of likely N-dealkylation sites (N-methyl/N-ethyl adjacent to an activating group) is 1. The SMILES string of the molecule is CC.COC[C@H]1CCCN1C.O. The van der Waals surface area contributed by atoms with E-state index in [9.17, 15) is 0 Å². The molecule has 1 saturated heterocycles. The summed E-state index contributed by atoms with van der Waals surface area (Å²) < 4.78 is 5.05. The number of hydrogen-bond acceptors (Lipinski definition) is 2. The maximum Gasteiger partial charge on any atom is 0.0617 e. The lowest BCUT2D eigenvalue weighted by Gasteiger charge is -2.17. The number of methoxy groups -OCH3 is 1. The molecule has 0 radical (unpaired) electrons. The fourth-order valence-corrected chi connectivity index (χ4v) is 1.38. The number of nitrogens with zero attached hydrogens (tertiary/aromatic N) is 1. The van der Waals surface area contributed by atoms with E-state index in [0.29, 0.717) is 6.04 Å². The van der Waals surface area contributed by atoms with E-state index in [2.05, 4.69) is 11.9 Å². The third kappa shape index (κ3) is 4.70. The first kappa shape index (κ1) is 14.4. The van der Waals surface area contributed by atoms with Gasteiger partial charge < -0.3 is 15.1 Å². The number of hydrogen-bond donors (Lipinski definition) is 0. The van der Waals surface area contributed by atoms with Crippen molar-refractivity contribution in [1.29, 1.82) is 0 Å². The molecule has 1 aliphatic heterocycles. The van der Waals surface area contributed by atoms with Crippen molar-refractivity contribution in [2.45, 2.75) is 32.7 Å². The molecule has 12 heavy (non-hydrogen) atoms. The molecule has 1 aliphatic rings. The molecule has 2 N–H and O–H groups in total. The molecule has 3 nitrogen and oxygen atoms in total. The Balaban J connectivity index is 0. The van der Waals surface area contributed by atoms with Gasteiger partial charge in [-0.15, -0.1) is 0 Å². The van der Waals surface area contributed by atoms with Crippen LogP contribution in [-0.4, -0.2) is 43.7 Å². The fraction of sp³-hybridized carbons (Fsp3) is 1.00. The van der Waals surface area contributed by atoms with Gasteiger partial charge in [0.2, 0.25) is 0 Å². The van der Waals surface area contributed by atoms with Gasteiger partial charge >= 0.3 is 0 Å². The summed E-state index contributed by atoms with van der Waals surface area (Å²) in [5, 5.41) is 0. The molecule has 3 heteroatoms. The first-order valence-electron chi connectivity index (χ1n) is 4.54. The van der Waals surface area contributed by atoms with Crippen molar-refractivity contribution in [3.05, 3.63) is 0 Å². The van der Waals surface area contributed by atoms with Crippen LogP contribution in [0.1, 0.15) is 26.7 Å². The van der Waals surface area contributed by atoms with Crippen molar-refractivity contribution in [2.75, 3.05) is 27.3 Å². The Bertz CT molecular complexity index is 88.6. The van der Waals surface area contributed by atoms with Gasteiger partial charge in [-0.1, -0.05) is 13.8 Å². The van der Waals surface area contributed by atoms with E-state index in [1.807, 2.05) is 13.8 Å². The summed E-state index contributed by atoms with van der Waals surface area (Å²) in [5.41, 5.74) is 0. The quantitative estimate of drug-likeness (QED) is 0.629. The van der Waals surface area contributed by atoms with E-state index in [1.54, 1.807) is 7.11 Å². The second-order valence-electron chi connectivity index (χ2n) is 2.73. The Hall–Kier alpha value is -0.120. The van der Waals surface area contributed by atoms with E-state index < -0.39 is 0 Å². The Kier molecular flexibility index (Phi) is 10.8. The Morgan fingerprint density at radius 3 is 2.33 bits per heavy atom. The van der Waals surface area contributed by atoms with Gasteiger partial charge in [-0.25, -0.2) is 0 Å². The van der Waals surface area contributed by atoms with Crippen LogP contribution >= 0.6 is 0 Å². The highest BCUT2D eigenvalue weighted by atomic mass is 16.5. The number of ether oxygens (including phenoxy) is 1. The van der Waals surface area contributed by atoms with Crippen molar-refractivity contribution >= 4 is 0 Å². The van der Waals surface area contributed by atoms with Gasteiger partial charge in [-0.2, -0.15) is 0 Å². The standard InChI is InChI=1S/C7H15NO.C2H6.H2O/c1-8-5-3-4-7(8)6-9-2;1-2;/h7H,3-6H2,1-2H3;1-2H3;1H2/t7-;;/m1../s1. The zero-order valence-corrected chi connectivity index (χ0v) is 8.76. The van der Waals surface area contributed by atoms with Crippen LogP contribution in [0.25, 0.3) is 0 Å². The van der Waals surface area contributed by atoms with Crippen LogP contribution < -0.4 is 0 Å². The summed E-state index contributed by atoms with van der Waals surface area (Å²) in [4.78, 5) is 2.36. The molecular formula is C9H23NO2. The first-order chi connectivity index (χ1) is 5.34. The normalized spacial score (nSPS) is 22.5. The second-order valence-corrected chi connectivity index (χ2v) is 2.73. The molecule has 0 aromatic carbocycles. The lowest BCUT2D eigenvalue weighted by molar-refractivity contribution is 0.129. The van der Waals surface area contributed by atoms with Crippen molar-refractivity contribution < 1.29 is 10.2 Å². The molecular weight excluding hydrogens is 154 g/mol. The monoisotopic (exact) mass is 177 g/mol. The minimum atomic E-state index is 0.